The lowest BCUT2D eigenvalue weighted by molar-refractivity contribution is -0.0187. The highest BCUT2D eigenvalue weighted by atomic mass is 79.9. The summed E-state index contributed by atoms with van der Waals surface area (Å²) in [6.45, 7) is 4.33. The zero-order valence-electron chi connectivity index (χ0n) is 10.7. The van der Waals surface area contributed by atoms with Crippen molar-refractivity contribution in [2.45, 2.75) is 25.5 Å². The molecule has 0 spiro atoms. The molecule has 18 heavy (non-hydrogen) atoms. The molecule has 1 aromatic rings. The fourth-order valence-corrected chi connectivity index (χ4v) is 3.08. The summed E-state index contributed by atoms with van der Waals surface area (Å²) in [6, 6.07) is 0. The van der Waals surface area contributed by atoms with Gasteiger partial charge in [-0.3, -0.25) is 4.68 Å². The number of aromatic nitrogens is 2. The van der Waals surface area contributed by atoms with E-state index in [1.807, 2.05) is 6.92 Å². The number of nitrogens with zero attached hydrogens (tertiary/aromatic N) is 2. The molecule has 6 heteroatoms. The van der Waals surface area contributed by atoms with Crippen LogP contribution in [0.15, 0.2) is 10.7 Å². The highest BCUT2D eigenvalue weighted by molar-refractivity contribution is 9.10. The van der Waals surface area contributed by atoms with Crippen molar-refractivity contribution in [1.82, 2.24) is 9.78 Å². The smallest absolute Gasteiger partial charge is 0.110 e. The lowest BCUT2D eigenvalue weighted by Crippen LogP contribution is -2.35. The zero-order chi connectivity index (χ0) is 13.2. The summed E-state index contributed by atoms with van der Waals surface area (Å²) >= 11 is 3.47. The van der Waals surface area contributed by atoms with E-state index in [1.165, 1.54) is 0 Å². The van der Waals surface area contributed by atoms with Crippen molar-refractivity contribution in [2.75, 3.05) is 26.9 Å². The largest absolute Gasteiger partial charge is 0.383 e. The molecule has 5 nitrogen and oxygen atoms in total. The van der Waals surface area contributed by atoms with Crippen LogP contribution in [0.3, 0.4) is 0 Å². The standard InChI is InChI=1S/C12H19BrN2O3/c1-12(16,9-3-5-18-8-9)11-10(13)7-14-15(11)4-6-17-2/h7,9,16H,3-6,8H2,1-2H3. The van der Waals surface area contributed by atoms with Crippen LogP contribution in [0, 0.1) is 5.92 Å². The predicted molar refractivity (Wildman–Crippen MR) is 70.3 cm³/mol. The van der Waals surface area contributed by atoms with Crippen LogP contribution in [-0.4, -0.2) is 41.8 Å². The van der Waals surface area contributed by atoms with Gasteiger partial charge in [0.25, 0.3) is 0 Å². The first kappa shape index (κ1) is 14.0. The molecule has 2 atom stereocenters. The number of halogens is 1. The molecule has 0 aromatic carbocycles. The summed E-state index contributed by atoms with van der Waals surface area (Å²) in [7, 11) is 1.65. The second-order valence-electron chi connectivity index (χ2n) is 4.77. The summed E-state index contributed by atoms with van der Waals surface area (Å²) < 4.78 is 13.1. The molecule has 1 aliphatic rings. The Bertz CT molecular complexity index is 400. The van der Waals surface area contributed by atoms with Gasteiger partial charge in [-0.05, 0) is 29.3 Å². The maximum Gasteiger partial charge on any atom is 0.110 e. The first-order valence-electron chi connectivity index (χ1n) is 6.08. The van der Waals surface area contributed by atoms with E-state index < -0.39 is 5.60 Å². The van der Waals surface area contributed by atoms with Crippen molar-refractivity contribution in [3.8, 4) is 0 Å². The van der Waals surface area contributed by atoms with Crippen molar-refractivity contribution < 1.29 is 14.6 Å². The van der Waals surface area contributed by atoms with Crippen LogP contribution in [0.5, 0.6) is 0 Å². The van der Waals surface area contributed by atoms with Crippen molar-refractivity contribution >= 4 is 15.9 Å². The molecule has 0 bridgehead atoms. The van der Waals surface area contributed by atoms with Crippen molar-refractivity contribution in [1.29, 1.82) is 0 Å². The Morgan fingerprint density at radius 2 is 2.50 bits per heavy atom. The van der Waals surface area contributed by atoms with E-state index in [1.54, 1.807) is 18.0 Å². The fourth-order valence-electron chi connectivity index (χ4n) is 2.38. The monoisotopic (exact) mass is 318 g/mol. The molecule has 102 valence electrons. The Hall–Kier alpha value is -0.430. The van der Waals surface area contributed by atoms with E-state index in [2.05, 4.69) is 21.0 Å². The first-order valence-corrected chi connectivity index (χ1v) is 6.87. The normalized spacial score (nSPS) is 23.2. The average Bonchev–Trinajstić information content (AvgIpc) is 2.95. The lowest BCUT2D eigenvalue weighted by Gasteiger charge is -2.30. The van der Waals surface area contributed by atoms with Crippen LogP contribution in [0.4, 0.5) is 0 Å². The van der Waals surface area contributed by atoms with Gasteiger partial charge in [0.2, 0.25) is 0 Å². The van der Waals surface area contributed by atoms with Gasteiger partial charge in [-0.25, -0.2) is 0 Å². The Labute approximate surface area is 115 Å². The summed E-state index contributed by atoms with van der Waals surface area (Å²) in [4.78, 5) is 0. The van der Waals surface area contributed by atoms with Crippen LogP contribution >= 0.6 is 15.9 Å². The number of rotatable bonds is 5. The molecular weight excluding hydrogens is 300 g/mol. The van der Waals surface area contributed by atoms with Gasteiger partial charge in [0, 0.05) is 19.6 Å². The molecule has 0 amide bonds. The van der Waals surface area contributed by atoms with Crippen LogP contribution in [0.1, 0.15) is 19.0 Å². The quantitative estimate of drug-likeness (QED) is 0.894. The molecular formula is C12H19BrN2O3. The SMILES string of the molecule is COCCn1ncc(Br)c1C(C)(O)C1CCOC1. The molecule has 1 aliphatic heterocycles. The van der Waals surface area contributed by atoms with Crippen LogP contribution in [0.25, 0.3) is 0 Å². The van der Waals surface area contributed by atoms with Gasteiger partial charge < -0.3 is 14.6 Å². The lowest BCUT2D eigenvalue weighted by atomic mass is 9.85. The summed E-state index contributed by atoms with van der Waals surface area (Å²) in [5, 5.41) is 15.1. The predicted octanol–water partition coefficient (Wildman–Crippen LogP) is 1.54. The number of aliphatic hydroxyl groups is 1. The van der Waals surface area contributed by atoms with Crippen LogP contribution < -0.4 is 0 Å². The number of ether oxygens (including phenoxy) is 2. The van der Waals surface area contributed by atoms with Gasteiger partial charge in [-0.2, -0.15) is 5.10 Å². The van der Waals surface area contributed by atoms with E-state index in [-0.39, 0.29) is 5.92 Å². The molecule has 1 fully saturated rings. The van der Waals surface area contributed by atoms with Gasteiger partial charge in [0.05, 0.1) is 36.1 Å². The van der Waals surface area contributed by atoms with Crippen LogP contribution in [0.2, 0.25) is 0 Å². The zero-order valence-corrected chi connectivity index (χ0v) is 12.3. The Morgan fingerprint density at radius 1 is 1.72 bits per heavy atom. The minimum absolute atomic E-state index is 0.104. The van der Waals surface area contributed by atoms with E-state index in [0.29, 0.717) is 26.4 Å². The first-order chi connectivity index (χ1) is 8.57. The molecule has 0 radical (unpaired) electrons. The van der Waals surface area contributed by atoms with Crippen molar-refractivity contribution in [3.63, 3.8) is 0 Å². The second-order valence-corrected chi connectivity index (χ2v) is 5.62. The van der Waals surface area contributed by atoms with Crippen molar-refractivity contribution in [3.05, 3.63) is 16.4 Å². The molecule has 2 heterocycles. The highest BCUT2D eigenvalue weighted by Gasteiger charge is 2.40. The van der Waals surface area contributed by atoms with Gasteiger partial charge in [0.1, 0.15) is 5.60 Å². The molecule has 2 rings (SSSR count). The molecule has 1 N–H and O–H groups in total. The Kier molecular flexibility index (Phi) is 4.42. The molecule has 0 saturated carbocycles. The fraction of sp³-hybridized carbons (Fsp3) is 0.750. The molecule has 1 aromatic heterocycles. The van der Waals surface area contributed by atoms with E-state index >= 15 is 0 Å². The maximum absolute atomic E-state index is 10.8. The third-order valence-electron chi connectivity index (χ3n) is 3.51. The second kappa shape index (κ2) is 5.69. The number of hydrogen-bond donors (Lipinski definition) is 1. The van der Waals surface area contributed by atoms with Gasteiger partial charge in [0.15, 0.2) is 0 Å². The van der Waals surface area contributed by atoms with E-state index in [4.69, 9.17) is 9.47 Å². The van der Waals surface area contributed by atoms with Gasteiger partial charge in [-0.15, -0.1) is 0 Å². The van der Waals surface area contributed by atoms with Crippen molar-refractivity contribution in [2.24, 2.45) is 5.92 Å². The molecule has 0 aliphatic carbocycles. The number of methoxy groups -OCH3 is 1. The third-order valence-corrected chi connectivity index (χ3v) is 4.09. The third kappa shape index (κ3) is 2.61. The minimum atomic E-state index is -0.945. The highest BCUT2D eigenvalue weighted by Crippen LogP contribution is 2.38. The number of hydrogen-bond acceptors (Lipinski definition) is 4. The molecule has 2 unspecified atom stereocenters. The summed E-state index contributed by atoms with van der Waals surface area (Å²) in [6.07, 6.45) is 2.59. The summed E-state index contributed by atoms with van der Waals surface area (Å²) in [5.74, 6) is 0.104. The Balaban J connectivity index is 2.27. The topological polar surface area (TPSA) is 56.5 Å². The summed E-state index contributed by atoms with van der Waals surface area (Å²) in [5.41, 5.74) is -0.144. The van der Waals surface area contributed by atoms with Crippen LogP contribution in [-0.2, 0) is 21.6 Å². The van der Waals surface area contributed by atoms with Gasteiger partial charge in [-0.1, -0.05) is 0 Å². The average molecular weight is 319 g/mol. The van der Waals surface area contributed by atoms with E-state index in [0.717, 1.165) is 16.6 Å². The van der Waals surface area contributed by atoms with Gasteiger partial charge >= 0.3 is 0 Å². The van der Waals surface area contributed by atoms with E-state index in [9.17, 15) is 5.11 Å². The maximum atomic E-state index is 10.8. The molecule has 1 saturated heterocycles. The Morgan fingerprint density at radius 3 is 3.11 bits per heavy atom. The minimum Gasteiger partial charge on any atom is -0.383 e.